The molecule has 0 radical (unpaired) electrons. The highest BCUT2D eigenvalue weighted by molar-refractivity contribution is 9.10. The molecule has 1 rings (SSSR count). The van der Waals surface area contributed by atoms with Gasteiger partial charge < -0.3 is 5.32 Å². The van der Waals surface area contributed by atoms with Crippen molar-refractivity contribution in [3.63, 3.8) is 0 Å². The van der Waals surface area contributed by atoms with Crippen LogP contribution in [-0.4, -0.2) is 11.9 Å². The standard InChI is InChI=1S/C13H15BrN2O/c1-8(2)12(7-15)16-13(17)10-4-9(3)5-11(14)6-10/h4-6,8,12H,1-3H3,(H,16,17). The number of aryl methyl sites for hydroxylation is 1. The molecule has 0 bridgehead atoms. The zero-order valence-corrected chi connectivity index (χ0v) is 11.7. The van der Waals surface area contributed by atoms with Crippen LogP contribution in [0.25, 0.3) is 0 Å². The molecule has 1 aromatic rings. The third-order valence-corrected chi connectivity index (χ3v) is 2.85. The summed E-state index contributed by atoms with van der Waals surface area (Å²) < 4.78 is 0.862. The summed E-state index contributed by atoms with van der Waals surface area (Å²) in [7, 11) is 0. The van der Waals surface area contributed by atoms with Crippen LogP contribution in [0.4, 0.5) is 0 Å². The van der Waals surface area contributed by atoms with Crippen molar-refractivity contribution in [3.8, 4) is 6.07 Å². The predicted octanol–water partition coefficient (Wildman–Crippen LogP) is 3.04. The van der Waals surface area contributed by atoms with Crippen LogP contribution in [0.15, 0.2) is 22.7 Å². The molecule has 0 spiro atoms. The lowest BCUT2D eigenvalue weighted by Crippen LogP contribution is -2.37. The van der Waals surface area contributed by atoms with Gasteiger partial charge in [-0.1, -0.05) is 29.8 Å². The molecule has 0 saturated heterocycles. The Hall–Kier alpha value is -1.34. The van der Waals surface area contributed by atoms with E-state index in [1.54, 1.807) is 12.1 Å². The Morgan fingerprint density at radius 3 is 2.53 bits per heavy atom. The van der Waals surface area contributed by atoms with Gasteiger partial charge in [0.05, 0.1) is 6.07 Å². The molecule has 0 aliphatic heterocycles. The molecule has 0 heterocycles. The number of benzene rings is 1. The van der Waals surface area contributed by atoms with Crippen LogP contribution in [0, 0.1) is 24.2 Å². The van der Waals surface area contributed by atoms with Crippen LogP contribution in [0.3, 0.4) is 0 Å². The normalized spacial score (nSPS) is 12.0. The fraction of sp³-hybridized carbons (Fsp3) is 0.385. The van der Waals surface area contributed by atoms with Gasteiger partial charge in [0.25, 0.3) is 5.91 Å². The molecule has 0 fully saturated rings. The van der Waals surface area contributed by atoms with Gasteiger partial charge in [-0.3, -0.25) is 4.79 Å². The molecule has 1 N–H and O–H groups in total. The number of nitrogens with zero attached hydrogens (tertiary/aromatic N) is 1. The number of hydrogen-bond donors (Lipinski definition) is 1. The summed E-state index contributed by atoms with van der Waals surface area (Å²) in [5.74, 6) is -0.119. The molecule has 1 aromatic carbocycles. The van der Waals surface area contributed by atoms with Crippen molar-refractivity contribution >= 4 is 21.8 Å². The van der Waals surface area contributed by atoms with Crippen molar-refractivity contribution in [1.29, 1.82) is 5.26 Å². The Morgan fingerprint density at radius 1 is 1.41 bits per heavy atom. The fourth-order valence-electron chi connectivity index (χ4n) is 1.44. The van der Waals surface area contributed by atoms with Crippen LogP contribution < -0.4 is 5.32 Å². The highest BCUT2D eigenvalue weighted by Gasteiger charge is 2.16. The third kappa shape index (κ3) is 3.86. The lowest BCUT2D eigenvalue weighted by atomic mass is 10.0. The smallest absolute Gasteiger partial charge is 0.252 e. The van der Waals surface area contributed by atoms with E-state index in [2.05, 4.69) is 27.3 Å². The molecule has 1 unspecified atom stereocenters. The maximum absolute atomic E-state index is 11.9. The average Bonchev–Trinajstić information content (AvgIpc) is 2.23. The van der Waals surface area contributed by atoms with Crippen molar-refractivity contribution in [3.05, 3.63) is 33.8 Å². The van der Waals surface area contributed by atoms with Crippen molar-refractivity contribution in [2.45, 2.75) is 26.8 Å². The molecule has 17 heavy (non-hydrogen) atoms. The highest BCUT2D eigenvalue weighted by atomic mass is 79.9. The van der Waals surface area contributed by atoms with Crippen molar-refractivity contribution < 1.29 is 4.79 Å². The van der Waals surface area contributed by atoms with Crippen molar-refractivity contribution in [2.24, 2.45) is 5.92 Å². The Bertz CT molecular complexity index is 443. The van der Waals surface area contributed by atoms with Gasteiger partial charge >= 0.3 is 0 Å². The van der Waals surface area contributed by atoms with Gasteiger partial charge in [0.15, 0.2) is 0 Å². The number of carbonyl (C=O) groups is 1. The number of halogens is 1. The molecule has 0 aromatic heterocycles. The van der Waals surface area contributed by atoms with E-state index in [1.807, 2.05) is 26.8 Å². The summed E-state index contributed by atoms with van der Waals surface area (Å²) in [6.07, 6.45) is 0. The van der Waals surface area contributed by atoms with Crippen LogP contribution >= 0.6 is 15.9 Å². The van der Waals surface area contributed by atoms with E-state index in [-0.39, 0.29) is 11.8 Å². The number of nitriles is 1. The molecule has 1 atom stereocenters. The zero-order chi connectivity index (χ0) is 13.0. The summed E-state index contributed by atoms with van der Waals surface area (Å²) in [6.45, 7) is 5.73. The van der Waals surface area contributed by atoms with Gasteiger partial charge in [-0.15, -0.1) is 0 Å². The largest absolute Gasteiger partial charge is 0.336 e. The molecule has 0 aliphatic carbocycles. The Balaban J connectivity index is 2.87. The lowest BCUT2D eigenvalue weighted by Gasteiger charge is -2.15. The van der Waals surface area contributed by atoms with E-state index < -0.39 is 6.04 Å². The monoisotopic (exact) mass is 294 g/mol. The first-order chi connectivity index (χ1) is 7.93. The molecule has 0 aliphatic rings. The number of rotatable bonds is 3. The minimum atomic E-state index is -0.457. The van der Waals surface area contributed by atoms with Crippen LogP contribution in [0.2, 0.25) is 0 Å². The van der Waals surface area contributed by atoms with Crippen molar-refractivity contribution in [1.82, 2.24) is 5.32 Å². The maximum atomic E-state index is 11.9. The first-order valence-corrected chi connectivity index (χ1v) is 6.21. The average molecular weight is 295 g/mol. The van der Waals surface area contributed by atoms with Gasteiger partial charge in [0.2, 0.25) is 0 Å². The first kappa shape index (κ1) is 13.7. The van der Waals surface area contributed by atoms with Gasteiger partial charge in [-0.2, -0.15) is 5.26 Å². The number of nitrogens with one attached hydrogen (secondary N) is 1. The summed E-state index contributed by atoms with van der Waals surface area (Å²) in [6, 6.07) is 7.11. The molecular formula is C13H15BrN2O. The molecular weight excluding hydrogens is 280 g/mol. The molecule has 0 saturated carbocycles. The van der Waals surface area contributed by atoms with E-state index in [9.17, 15) is 4.79 Å². The van der Waals surface area contributed by atoms with Crippen molar-refractivity contribution in [2.75, 3.05) is 0 Å². The third-order valence-electron chi connectivity index (χ3n) is 2.40. The molecule has 4 heteroatoms. The lowest BCUT2D eigenvalue weighted by molar-refractivity contribution is 0.0937. The van der Waals surface area contributed by atoms with Crippen LogP contribution in [-0.2, 0) is 0 Å². The fourth-order valence-corrected chi connectivity index (χ4v) is 2.05. The second kappa shape index (κ2) is 5.83. The molecule has 1 amide bonds. The first-order valence-electron chi connectivity index (χ1n) is 5.41. The summed E-state index contributed by atoms with van der Waals surface area (Å²) in [5.41, 5.74) is 1.57. The van der Waals surface area contributed by atoms with Gasteiger partial charge in [-0.25, -0.2) is 0 Å². The minimum Gasteiger partial charge on any atom is -0.336 e. The summed E-state index contributed by atoms with van der Waals surface area (Å²) in [5, 5.41) is 11.6. The van der Waals surface area contributed by atoms with Gasteiger partial charge in [0, 0.05) is 10.0 Å². The SMILES string of the molecule is Cc1cc(Br)cc(C(=O)NC(C#N)C(C)C)c1. The van der Waals surface area contributed by atoms with E-state index >= 15 is 0 Å². The summed E-state index contributed by atoms with van der Waals surface area (Å²) in [4.78, 5) is 11.9. The number of hydrogen-bond acceptors (Lipinski definition) is 2. The number of amides is 1. The Kier molecular flexibility index (Phi) is 4.71. The van der Waals surface area contributed by atoms with E-state index in [0.717, 1.165) is 10.0 Å². The van der Waals surface area contributed by atoms with E-state index in [1.165, 1.54) is 0 Å². The van der Waals surface area contributed by atoms with Crippen LogP contribution in [0.5, 0.6) is 0 Å². The quantitative estimate of drug-likeness (QED) is 0.931. The zero-order valence-electron chi connectivity index (χ0n) is 10.1. The highest BCUT2D eigenvalue weighted by Crippen LogP contribution is 2.15. The van der Waals surface area contributed by atoms with Crippen LogP contribution in [0.1, 0.15) is 29.8 Å². The van der Waals surface area contributed by atoms with E-state index in [0.29, 0.717) is 5.56 Å². The van der Waals surface area contributed by atoms with Gasteiger partial charge in [-0.05, 0) is 36.6 Å². The Labute approximate surface area is 110 Å². The topological polar surface area (TPSA) is 52.9 Å². The second-order valence-corrected chi connectivity index (χ2v) is 5.26. The summed E-state index contributed by atoms with van der Waals surface area (Å²) >= 11 is 3.35. The molecule has 90 valence electrons. The minimum absolute atomic E-state index is 0.0946. The second-order valence-electron chi connectivity index (χ2n) is 4.34. The van der Waals surface area contributed by atoms with E-state index in [4.69, 9.17) is 5.26 Å². The van der Waals surface area contributed by atoms with Gasteiger partial charge in [0.1, 0.15) is 6.04 Å². The Morgan fingerprint density at radius 2 is 2.06 bits per heavy atom. The number of carbonyl (C=O) groups excluding carboxylic acids is 1. The maximum Gasteiger partial charge on any atom is 0.252 e. The molecule has 3 nitrogen and oxygen atoms in total. The predicted molar refractivity (Wildman–Crippen MR) is 70.6 cm³/mol.